The van der Waals surface area contributed by atoms with Crippen LogP contribution in [0.1, 0.15) is 59.3 Å². The van der Waals surface area contributed by atoms with Gasteiger partial charge in [-0.3, -0.25) is 0 Å². The van der Waals surface area contributed by atoms with Crippen LogP contribution < -0.4 is 0 Å². The minimum atomic E-state index is -1.77. The fraction of sp³-hybridized carbons (Fsp3) is 0.875. The van der Waals surface area contributed by atoms with E-state index in [1.165, 1.54) is 27.5 Å². The van der Waals surface area contributed by atoms with Gasteiger partial charge in [0, 0.05) is 0 Å². The van der Waals surface area contributed by atoms with Gasteiger partial charge in [0.15, 0.2) is 0 Å². The third-order valence-corrected chi connectivity index (χ3v) is 6.30. The van der Waals surface area contributed by atoms with Gasteiger partial charge in [-0.25, -0.2) is 0 Å². The van der Waals surface area contributed by atoms with Crippen LogP contribution in [-0.2, 0) is 12.3 Å². The summed E-state index contributed by atoms with van der Waals surface area (Å²) < 4.78 is 0. The molecule has 4 rings (SSSR count). The molecule has 0 atom stereocenters. The average Bonchev–Trinajstić information content (AvgIpc) is 2.23. The van der Waals surface area contributed by atoms with Gasteiger partial charge in [-0.1, -0.05) is 40.0 Å². The molecule has 4 bridgehead atoms. The second-order valence-corrected chi connectivity index (χ2v) is 15.8. The summed E-state index contributed by atoms with van der Waals surface area (Å²) >= 11 is -1.77. The summed E-state index contributed by atoms with van der Waals surface area (Å²) in [5, 5.41) is 0. The molecule has 0 nitrogen and oxygen atoms in total. The Balaban J connectivity index is 0.000000361. The van der Waals surface area contributed by atoms with Gasteiger partial charge in [-0.05, 0) is 37.0 Å². The standard InChI is InChI=1S/C16H25P.3ClH.V/c1-15(2,3)10-17-11-16-7-12-4-13(8-16)6-14(5-12)9-16;;;;/h10,12-14H,4-9H2,1-3H3;3*1H;/q-2;;;;+3/p-3. The van der Waals surface area contributed by atoms with Crippen molar-refractivity contribution in [3.05, 3.63) is 6.16 Å². The third kappa shape index (κ3) is 6.21. The minimum absolute atomic E-state index is 0.344. The first-order valence-corrected chi connectivity index (χ1v) is 14.5. The first-order chi connectivity index (χ1) is 9.67. The van der Waals surface area contributed by atoms with Crippen molar-refractivity contribution in [3.8, 4) is 0 Å². The predicted molar refractivity (Wildman–Crippen MR) is 93.8 cm³/mol. The van der Waals surface area contributed by atoms with Crippen LogP contribution in [0.3, 0.4) is 0 Å². The van der Waals surface area contributed by atoms with Crippen LogP contribution in [-0.4, -0.2) is 5.80 Å². The predicted octanol–water partition coefficient (Wildman–Crippen LogP) is 7.10. The van der Waals surface area contributed by atoms with E-state index in [-0.39, 0.29) is 0 Å². The molecule has 0 aromatic carbocycles. The van der Waals surface area contributed by atoms with Gasteiger partial charge in [-0.2, -0.15) is 10.8 Å². The molecule has 122 valence electrons. The second kappa shape index (κ2) is 7.67. The molecule has 4 aliphatic carbocycles. The Morgan fingerprint density at radius 1 is 1.00 bits per heavy atom. The molecule has 0 aromatic heterocycles. The van der Waals surface area contributed by atoms with Gasteiger partial charge in [0.05, 0.1) is 0 Å². The maximum atomic E-state index is 4.95. The zero-order valence-corrected chi connectivity index (χ0v) is 17.6. The molecule has 0 radical (unpaired) electrons. The van der Waals surface area contributed by atoms with E-state index in [4.69, 9.17) is 29.5 Å². The molecule has 0 aliphatic heterocycles. The number of hydrogen-bond donors (Lipinski definition) is 0. The van der Waals surface area contributed by atoms with Crippen molar-refractivity contribution >= 4 is 43.5 Å². The molecule has 5 heteroatoms. The Hall–Kier alpha value is 1.62. The van der Waals surface area contributed by atoms with Gasteiger partial charge in [0.2, 0.25) is 0 Å². The molecule has 4 saturated carbocycles. The van der Waals surface area contributed by atoms with Crippen LogP contribution in [0.4, 0.5) is 0 Å². The summed E-state index contributed by atoms with van der Waals surface area (Å²) in [7, 11) is 16.2. The molecule has 0 unspecified atom stereocenters. The first kappa shape index (κ1) is 19.0. The van der Waals surface area contributed by atoms with Crippen molar-refractivity contribution in [2.75, 3.05) is 0 Å². The van der Waals surface area contributed by atoms with Crippen molar-refractivity contribution in [2.24, 2.45) is 28.6 Å². The monoisotopic (exact) mass is 404 g/mol. The van der Waals surface area contributed by atoms with Crippen LogP contribution in [0, 0.1) is 34.7 Å². The average molecular weight is 406 g/mol. The summed E-state index contributed by atoms with van der Waals surface area (Å²) in [4.78, 5) is 0. The fourth-order valence-electron chi connectivity index (χ4n) is 4.61. The second-order valence-electron chi connectivity index (χ2n) is 8.13. The molecule has 0 heterocycles. The molecular weight excluding hydrogens is 380 g/mol. The normalized spacial score (nSPS) is 38.0. The molecule has 0 saturated heterocycles. The topological polar surface area (TPSA) is 0 Å². The molecule has 0 aromatic rings. The Bertz CT molecular complexity index is 338. The maximum absolute atomic E-state index is 4.95. The molecule has 4 fully saturated rings. The number of halogens is 3. The van der Waals surface area contributed by atoms with E-state index in [0.717, 1.165) is 17.8 Å². The van der Waals surface area contributed by atoms with E-state index >= 15 is 0 Å². The van der Waals surface area contributed by atoms with Crippen molar-refractivity contribution in [1.82, 2.24) is 0 Å². The Morgan fingerprint density at radius 2 is 1.38 bits per heavy atom. The molecule has 0 spiro atoms. The summed E-state index contributed by atoms with van der Waals surface area (Å²) in [6.45, 7) is 6.88. The van der Waals surface area contributed by atoms with Crippen molar-refractivity contribution in [2.45, 2.75) is 59.3 Å². The van der Waals surface area contributed by atoms with Gasteiger partial charge >= 0.3 is 41.8 Å². The fourth-order valence-corrected chi connectivity index (χ4v) is 5.61. The van der Waals surface area contributed by atoms with E-state index in [0.29, 0.717) is 10.8 Å². The summed E-state index contributed by atoms with van der Waals surface area (Å²) in [5.74, 6) is 7.06. The zero-order chi connectivity index (χ0) is 15.7. The number of hydrogen-bond acceptors (Lipinski definition) is 0. The first-order valence-electron chi connectivity index (χ1n) is 7.76. The molecule has 21 heavy (non-hydrogen) atoms. The van der Waals surface area contributed by atoms with E-state index in [2.05, 4.69) is 32.7 Å². The van der Waals surface area contributed by atoms with Gasteiger partial charge < -0.3 is 20.2 Å². The molecule has 0 N–H and O–H groups in total. The van der Waals surface area contributed by atoms with Crippen LogP contribution in [0.5, 0.6) is 0 Å². The van der Waals surface area contributed by atoms with E-state index in [1.807, 2.05) is 0 Å². The Labute approximate surface area is 149 Å². The quantitative estimate of drug-likeness (QED) is 0.339. The van der Waals surface area contributed by atoms with Crippen molar-refractivity contribution < 1.29 is 12.3 Å². The van der Waals surface area contributed by atoms with E-state index in [9.17, 15) is 0 Å². The van der Waals surface area contributed by atoms with Gasteiger partial charge in [0.25, 0.3) is 0 Å². The summed E-state index contributed by atoms with van der Waals surface area (Å²) in [6, 6.07) is 0. The number of rotatable bonds is 2. The van der Waals surface area contributed by atoms with E-state index in [1.54, 1.807) is 19.3 Å². The molecule has 0 amide bonds. The van der Waals surface area contributed by atoms with Gasteiger partial charge in [-0.15, -0.1) is 0 Å². The molecule has 4 aliphatic rings. The van der Waals surface area contributed by atoms with Gasteiger partial charge in [0.1, 0.15) is 0 Å². The Kier molecular flexibility index (Phi) is 6.93. The summed E-state index contributed by atoms with van der Waals surface area (Å²) in [6.07, 6.45) is 11.4. The van der Waals surface area contributed by atoms with Crippen LogP contribution >= 0.6 is 37.7 Å². The zero-order valence-electron chi connectivity index (χ0n) is 13.1. The Morgan fingerprint density at radius 3 is 1.71 bits per heavy atom. The van der Waals surface area contributed by atoms with Crippen molar-refractivity contribution in [3.63, 3.8) is 0 Å². The van der Waals surface area contributed by atoms with Crippen molar-refractivity contribution in [1.29, 1.82) is 0 Å². The third-order valence-electron chi connectivity index (χ3n) is 4.79. The molecular formula is C16H25Cl3PV-2. The SMILES string of the molecule is CC(C)(C)[CH-]P=[C-]C12CC3CC(CC(C3)C1)C2.[Cl][V]([Cl])[Cl]. The van der Waals surface area contributed by atoms with Crippen LogP contribution in [0.25, 0.3) is 0 Å². The van der Waals surface area contributed by atoms with E-state index < -0.39 is 12.3 Å². The summed E-state index contributed by atoms with van der Waals surface area (Å²) in [5.41, 5.74) is 0.870. The van der Waals surface area contributed by atoms with Crippen LogP contribution in [0.2, 0.25) is 0 Å². The van der Waals surface area contributed by atoms with Crippen LogP contribution in [0.15, 0.2) is 0 Å².